The highest BCUT2D eigenvalue weighted by atomic mass is 16.3. The fourth-order valence-corrected chi connectivity index (χ4v) is 7.87. The van der Waals surface area contributed by atoms with E-state index in [0.717, 1.165) is 66.1 Å². The van der Waals surface area contributed by atoms with Crippen molar-refractivity contribution in [3.63, 3.8) is 0 Å². The third kappa shape index (κ3) is 5.07. The Morgan fingerprint density at radius 3 is 1.90 bits per heavy atom. The zero-order valence-electron chi connectivity index (χ0n) is 28.1. The fraction of sp³-hybridized carbons (Fsp3) is 0.0652. The number of furan rings is 1. The Balaban J connectivity index is 1.12. The fourth-order valence-electron chi connectivity index (χ4n) is 7.87. The average Bonchev–Trinajstić information content (AvgIpc) is 3.76. The molecule has 52 heavy (non-hydrogen) atoms. The molecular formula is C46H33N5O. The highest BCUT2D eigenvalue weighted by Crippen LogP contribution is 2.40. The summed E-state index contributed by atoms with van der Waals surface area (Å²) in [6, 6.07) is 59.3. The van der Waals surface area contributed by atoms with Crippen molar-refractivity contribution >= 4 is 43.7 Å². The van der Waals surface area contributed by atoms with Gasteiger partial charge in [0.2, 0.25) is 0 Å². The van der Waals surface area contributed by atoms with E-state index in [1.807, 2.05) is 36.4 Å². The summed E-state index contributed by atoms with van der Waals surface area (Å²) in [5, 5.41) is 25.6. The van der Waals surface area contributed by atoms with E-state index in [1.165, 1.54) is 11.1 Å². The van der Waals surface area contributed by atoms with Gasteiger partial charge in [0, 0.05) is 32.8 Å². The molecule has 1 aliphatic rings. The van der Waals surface area contributed by atoms with Gasteiger partial charge in [0.1, 0.15) is 11.2 Å². The Labute approximate surface area is 300 Å². The van der Waals surface area contributed by atoms with Crippen LogP contribution in [0.3, 0.4) is 0 Å². The highest BCUT2D eigenvalue weighted by Gasteiger charge is 2.30. The van der Waals surface area contributed by atoms with Crippen LogP contribution in [0.4, 0.5) is 0 Å². The molecule has 0 bridgehead atoms. The summed E-state index contributed by atoms with van der Waals surface area (Å²) in [6.07, 6.45) is -0.277. The maximum absolute atomic E-state index is 9.85. The Morgan fingerprint density at radius 2 is 1.15 bits per heavy atom. The number of nitrogens with one attached hydrogen (secondary N) is 3. The predicted octanol–water partition coefficient (Wildman–Crippen LogP) is 10.4. The number of fused-ring (bicyclic) bond motifs is 6. The lowest BCUT2D eigenvalue weighted by Crippen LogP contribution is -2.54. The molecule has 0 radical (unpaired) electrons. The molecule has 6 heteroatoms. The largest absolute Gasteiger partial charge is 0.455 e. The van der Waals surface area contributed by atoms with Gasteiger partial charge in [-0.25, -0.2) is 0 Å². The van der Waals surface area contributed by atoms with E-state index in [2.05, 4.69) is 154 Å². The number of hydrogen-bond donors (Lipinski definition) is 3. The SMILES string of the molecule is N#Cc1ccc2c(c1)c1ccc(-c3cccc4c3oc3ccccc34)cc1n2-c1cccc(C2NC(c3ccccc3)NC(c3ccccc3)N2)c1. The summed E-state index contributed by atoms with van der Waals surface area (Å²) >= 11 is 0. The van der Waals surface area contributed by atoms with Crippen molar-refractivity contribution < 1.29 is 4.42 Å². The van der Waals surface area contributed by atoms with Gasteiger partial charge in [-0.2, -0.15) is 5.26 Å². The van der Waals surface area contributed by atoms with Crippen LogP contribution in [0.5, 0.6) is 0 Å². The molecule has 1 fully saturated rings. The van der Waals surface area contributed by atoms with Crippen molar-refractivity contribution in [2.45, 2.75) is 18.5 Å². The highest BCUT2D eigenvalue weighted by molar-refractivity contribution is 6.13. The van der Waals surface area contributed by atoms with Gasteiger partial charge in [-0.05, 0) is 64.7 Å². The van der Waals surface area contributed by atoms with E-state index in [-0.39, 0.29) is 18.5 Å². The molecule has 6 nitrogen and oxygen atoms in total. The van der Waals surface area contributed by atoms with Gasteiger partial charge >= 0.3 is 0 Å². The van der Waals surface area contributed by atoms with Gasteiger partial charge in [0.25, 0.3) is 0 Å². The number of benzene rings is 7. The van der Waals surface area contributed by atoms with Crippen LogP contribution in [0, 0.1) is 11.3 Å². The normalized spacial score (nSPS) is 17.6. The third-order valence-electron chi connectivity index (χ3n) is 10.3. The van der Waals surface area contributed by atoms with Crippen LogP contribution >= 0.6 is 0 Å². The topological polar surface area (TPSA) is 78.0 Å². The van der Waals surface area contributed by atoms with Gasteiger partial charge in [0.05, 0.1) is 41.2 Å². The molecule has 10 rings (SSSR count). The van der Waals surface area contributed by atoms with Crippen molar-refractivity contribution in [2.75, 3.05) is 0 Å². The minimum atomic E-state index is -0.142. The molecule has 2 unspecified atom stereocenters. The Bertz CT molecular complexity index is 2770. The van der Waals surface area contributed by atoms with Crippen LogP contribution < -0.4 is 16.0 Å². The van der Waals surface area contributed by atoms with E-state index >= 15 is 0 Å². The van der Waals surface area contributed by atoms with Crippen LogP contribution in [0.15, 0.2) is 168 Å². The van der Waals surface area contributed by atoms with E-state index in [0.29, 0.717) is 5.56 Å². The molecule has 3 N–H and O–H groups in total. The van der Waals surface area contributed by atoms with Gasteiger partial charge in [-0.15, -0.1) is 0 Å². The second-order valence-electron chi connectivity index (χ2n) is 13.4. The summed E-state index contributed by atoms with van der Waals surface area (Å²) in [5.41, 5.74) is 11.1. The Hall–Kier alpha value is -6.49. The lowest BCUT2D eigenvalue weighted by molar-refractivity contribution is 0.203. The molecule has 0 amide bonds. The monoisotopic (exact) mass is 671 g/mol. The summed E-state index contributed by atoms with van der Waals surface area (Å²) in [6.45, 7) is 0. The molecule has 2 aromatic heterocycles. The van der Waals surface area contributed by atoms with E-state index in [4.69, 9.17) is 4.42 Å². The first-order valence-corrected chi connectivity index (χ1v) is 17.6. The lowest BCUT2D eigenvalue weighted by atomic mass is 10.0. The summed E-state index contributed by atoms with van der Waals surface area (Å²) < 4.78 is 8.78. The van der Waals surface area contributed by atoms with Crippen LogP contribution in [0.2, 0.25) is 0 Å². The van der Waals surface area contributed by atoms with Crippen LogP contribution in [0.1, 0.15) is 40.8 Å². The molecule has 9 aromatic rings. The lowest BCUT2D eigenvalue weighted by Gasteiger charge is -2.39. The molecule has 0 spiro atoms. The average molecular weight is 672 g/mol. The van der Waals surface area contributed by atoms with Crippen molar-refractivity contribution in [1.29, 1.82) is 5.26 Å². The number of rotatable bonds is 5. The summed E-state index contributed by atoms with van der Waals surface area (Å²) in [7, 11) is 0. The molecule has 2 atom stereocenters. The molecule has 1 saturated heterocycles. The van der Waals surface area contributed by atoms with Crippen LogP contribution in [-0.2, 0) is 0 Å². The van der Waals surface area contributed by atoms with Gasteiger partial charge in [-0.1, -0.05) is 121 Å². The Morgan fingerprint density at radius 1 is 0.500 bits per heavy atom. The summed E-state index contributed by atoms with van der Waals surface area (Å²) in [4.78, 5) is 0. The minimum absolute atomic E-state index is 0.0672. The molecule has 248 valence electrons. The second kappa shape index (κ2) is 12.4. The van der Waals surface area contributed by atoms with Crippen LogP contribution in [-0.4, -0.2) is 4.57 Å². The molecule has 0 aliphatic carbocycles. The molecular weight excluding hydrogens is 639 g/mol. The molecule has 3 heterocycles. The maximum Gasteiger partial charge on any atom is 0.143 e. The molecule has 0 saturated carbocycles. The maximum atomic E-state index is 9.85. The first kappa shape index (κ1) is 30.3. The van der Waals surface area contributed by atoms with Crippen molar-refractivity contribution in [1.82, 2.24) is 20.5 Å². The van der Waals surface area contributed by atoms with Crippen LogP contribution in [0.25, 0.3) is 60.6 Å². The first-order chi connectivity index (χ1) is 25.7. The number of hydrogen-bond acceptors (Lipinski definition) is 5. The van der Waals surface area contributed by atoms with E-state index in [1.54, 1.807) is 0 Å². The molecule has 7 aromatic carbocycles. The number of aromatic nitrogens is 1. The quantitative estimate of drug-likeness (QED) is 0.170. The Kier molecular flexibility index (Phi) is 7.22. The predicted molar refractivity (Wildman–Crippen MR) is 209 cm³/mol. The number of nitrogens with zero attached hydrogens (tertiary/aromatic N) is 2. The van der Waals surface area contributed by atoms with Crippen molar-refractivity contribution in [3.05, 3.63) is 186 Å². The van der Waals surface area contributed by atoms with Crippen molar-refractivity contribution in [3.8, 4) is 22.9 Å². The summed E-state index contributed by atoms with van der Waals surface area (Å²) in [5.74, 6) is 0. The van der Waals surface area contributed by atoms with Gasteiger partial charge in [-0.3, -0.25) is 16.0 Å². The standard InChI is InChI=1S/C46H33N5O/c47-28-29-21-24-40-39(25-29)36-23-22-32(35-18-10-19-38-37-17-7-8-20-42(37)52-43(35)38)27-41(36)51(40)34-16-9-15-33(26-34)46-49-44(30-11-3-1-4-12-30)48-45(50-46)31-13-5-2-6-14-31/h1-27,44-46,48-50H. The minimum Gasteiger partial charge on any atom is -0.455 e. The van der Waals surface area contributed by atoms with Gasteiger partial charge < -0.3 is 8.98 Å². The zero-order valence-corrected chi connectivity index (χ0v) is 28.1. The number of nitriles is 1. The molecule has 1 aliphatic heterocycles. The second-order valence-corrected chi connectivity index (χ2v) is 13.4. The third-order valence-corrected chi connectivity index (χ3v) is 10.3. The smallest absolute Gasteiger partial charge is 0.143 e. The number of para-hydroxylation sites is 2. The van der Waals surface area contributed by atoms with Gasteiger partial charge in [0.15, 0.2) is 0 Å². The zero-order chi connectivity index (χ0) is 34.6. The first-order valence-electron chi connectivity index (χ1n) is 17.6. The van der Waals surface area contributed by atoms with E-state index < -0.39 is 0 Å². The van der Waals surface area contributed by atoms with E-state index in [9.17, 15) is 5.26 Å². The van der Waals surface area contributed by atoms with Crippen molar-refractivity contribution in [2.24, 2.45) is 0 Å².